The number of aryl methyl sites for hydroxylation is 1. The van der Waals surface area contributed by atoms with Crippen molar-refractivity contribution >= 4 is 5.91 Å². The molecule has 1 aliphatic rings. The van der Waals surface area contributed by atoms with Crippen molar-refractivity contribution in [2.45, 2.75) is 32.7 Å². The van der Waals surface area contributed by atoms with Gasteiger partial charge in [-0.2, -0.15) is 0 Å². The molecule has 0 aromatic heterocycles. The minimum Gasteiger partial charge on any atom is -0.334 e. The van der Waals surface area contributed by atoms with Crippen molar-refractivity contribution in [3.63, 3.8) is 0 Å². The number of hydrogen-bond acceptors (Lipinski definition) is 2. The first-order chi connectivity index (χ1) is 9.04. The van der Waals surface area contributed by atoms with Crippen LogP contribution in [0, 0.1) is 18.7 Å². The lowest BCUT2D eigenvalue weighted by Crippen LogP contribution is -2.51. The average Bonchev–Trinajstić information content (AvgIpc) is 2.40. The molecular formula is C15H21FN2O. The van der Waals surface area contributed by atoms with E-state index in [1.165, 1.54) is 6.07 Å². The number of nitrogens with two attached hydrogens (primary N) is 1. The summed E-state index contributed by atoms with van der Waals surface area (Å²) in [4.78, 5) is 14.3. The van der Waals surface area contributed by atoms with E-state index in [-0.39, 0.29) is 17.5 Å². The second-order valence-corrected chi connectivity index (χ2v) is 5.40. The number of carbonyl (C=O) groups excluding carboxylic acids is 1. The van der Waals surface area contributed by atoms with Crippen LogP contribution in [-0.2, 0) is 0 Å². The van der Waals surface area contributed by atoms with Crippen LogP contribution in [0.4, 0.5) is 4.39 Å². The van der Waals surface area contributed by atoms with E-state index in [0.717, 1.165) is 18.4 Å². The lowest BCUT2D eigenvalue weighted by atomic mass is 9.90. The van der Waals surface area contributed by atoms with E-state index >= 15 is 0 Å². The van der Waals surface area contributed by atoms with E-state index in [1.807, 2.05) is 6.92 Å². The molecule has 0 spiro atoms. The van der Waals surface area contributed by atoms with Gasteiger partial charge in [0.2, 0.25) is 0 Å². The smallest absolute Gasteiger partial charge is 0.257 e. The van der Waals surface area contributed by atoms with Gasteiger partial charge >= 0.3 is 0 Å². The Hall–Kier alpha value is -1.42. The Morgan fingerprint density at radius 2 is 2.26 bits per heavy atom. The number of benzene rings is 1. The normalized spacial score (nSPS) is 23.5. The van der Waals surface area contributed by atoms with E-state index in [1.54, 1.807) is 17.0 Å². The summed E-state index contributed by atoms with van der Waals surface area (Å²) in [6.45, 7) is 5.05. The van der Waals surface area contributed by atoms with Crippen molar-refractivity contribution < 1.29 is 9.18 Å². The lowest BCUT2D eigenvalue weighted by Gasteiger charge is -2.39. The third-order valence-electron chi connectivity index (χ3n) is 3.97. The van der Waals surface area contributed by atoms with E-state index in [9.17, 15) is 9.18 Å². The van der Waals surface area contributed by atoms with Crippen LogP contribution in [-0.4, -0.2) is 29.9 Å². The van der Waals surface area contributed by atoms with Crippen molar-refractivity contribution in [1.29, 1.82) is 0 Å². The molecule has 1 aliphatic heterocycles. The molecule has 1 fully saturated rings. The molecule has 104 valence electrons. The number of carbonyl (C=O) groups is 1. The number of nitrogens with zero attached hydrogens (tertiary/aromatic N) is 1. The van der Waals surface area contributed by atoms with Crippen LogP contribution in [0.2, 0.25) is 0 Å². The third-order valence-corrected chi connectivity index (χ3v) is 3.97. The second kappa shape index (κ2) is 5.70. The highest BCUT2D eigenvalue weighted by Gasteiger charge is 2.32. The first-order valence-corrected chi connectivity index (χ1v) is 6.81. The number of amides is 1. The fourth-order valence-electron chi connectivity index (χ4n) is 2.82. The predicted octanol–water partition coefficient (Wildman–Crippen LogP) is 2.33. The Morgan fingerprint density at radius 3 is 2.95 bits per heavy atom. The van der Waals surface area contributed by atoms with Gasteiger partial charge in [-0.1, -0.05) is 18.6 Å². The van der Waals surface area contributed by atoms with Gasteiger partial charge in [-0.3, -0.25) is 4.79 Å². The maximum absolute atomic E-state index is 13.8. The molecule has 1 amide bonds. The van der Waals surface area contributed by atoms with E-state index < -0.39 is 5.82 Å². The summed E-state index contributed by atoms with van der Waals surface area (Å²) in [7, 11) is 0. The van der Waals surface area contributed by atoms with Gasteiger partial charge in [-0.25, -0.2) is 4.39 Å². The Bertz CT molecular complexity index is 475. The summed E-state index contributed by atoms with van der Waals surface area (Å²) in [5, 5.41) is 0. The first-order valence-electron chi connectivity index (χ1n) is 6.81. The highest BCUT2D eigenvalue weighted by molar-refractivity contribution is 5.95. The van der Waals surface area contributed by atoms with Gasteiger partial charge in [0.05, 0.1) is 5.56 Å². The van der Waals surface area contributed by atoms with Crippen LogP contribution >= 0.6 is 0 Å². The van der Waals surface area contributed by atoms with Crippen LogP contribution < -0.4 is 5.73 Å². The minimum atomic E-state index is -0.454. The number of rotatable bonds is 2. The summed E-state index contributed by atoms with van der Waals surface area (Å²) in [5.41, 5.74) is 6.83. The molecular weight excluding hydrogens is 243 g/mol. The monoisotopic (exact) mass is 264 g/mol. The highest BCUT2D eigenvalue weighted by Crippen LogP contribution is 2.25. The minimum absolute atomic E-state index is 0.0150. The molecule has 2 atom stereocenters. The highest BCUT2D eigenvalue weighted by atomic mass is 19.1. The van der Waals surface area contributed by atoms with E-state index in [2.05, 4.69) is 6.92 Å². The maximum Gasteiger partial charge on any atom is 0.257 e. The van der Waals surface area contributed by atoms with Crippen LogP contribution in [0.3, 0.4) is 0 Å². The van der Waals surface area contributed by atoms with E-state index in [4.69, 9.17) is 5.73 Å². The van der Waals surface area contributed by atoms with Gasteiger partial charge in [0.15, 0.2) is 0 Å². The molecule has 4 heteroatoms. The Labute approximate surface area is 113 Å². The zero-order valence-electron chi connectivity index (χ0n) is 11.5. The van der Waals surface area contributed by atoms with Gasteiger partial charge in [0.1, 0.15) is 5.82 Å². The molecule has 1 aromatic carbocycles. The molecule has 0 unspecified atom stereocenters. The number of likely N-dealkylation sites (tertiary alicyclic amines) is 1. The molecule has 0 aliphatic carbocycles. The molecule has 19 heavy (non-hydrogen) atoms. The van der Waals surface area contributed by atoms with Gasteiger partial charge in [0.25, 0.3) is 5.91 Å². The first kappa shape index (κ1) is 14.0. The Morgan fingerprint density at radius 1 is 1.53 bits per heavy atom. The van der Waals surface area contributed by atoms with Gasteiger partial charge < -0.3 is 10.6 Å². The predicted molar refractivity (Wildman–Crippen MR) is 73.4 cm³/mol. The molecule has 2 N–H and O–H groups in total. The van der Waals surface area contributed by atoms with E-state index in [0.29, 0.717) is 19.0 Å². The summed E-state index contributed by atoms with van der Waals surface area (Å²) in [5.74, 6) is -0.316. The topological polar surface area (TPSA) is 46.3 Å². The van der Waals surface area contributed by atoms with Crippen molar-refractivity contribution in [2.75, 3.05) is 13.1 Å². The third kappa shape index (κ3) is 2.78. The van der Waals surface area contributed by atoms with Crippen molar-refractivity contribution in [1.82, 2.24) is 4.90 Å². The van der Waals surface area contributed by atoms with Crippen molar-refractivity contribution in [3.8, 4) is 0 Å². The standard InChI is InChI=1S/C15H21FN2O/c1-10-5-6-13(16)12(8-10)15(19)18-7-3-4-11(2)14(18)9-17/h5-6,8,11,14H,3-4,7,9,17H2,1-2H3/t11-,14-/m0/s1. The van der Waals surface area contributed by atoms with Crippen molar-refractivity contribution in [2.24, 2.45) is 11.7 Å². The Kier molecular flexibility index (Phi) is 4.20. The van der Waals surface area contributed by atoms with Gasteiger partial charge in [-0.05, 0) is 37.8 Å². The zero-order chi connectivity index (χ0) is 14.0. The number of hydrogen-bond donors (Lipinski definition) is 1. The Balaban J connectivity index is 2.29. The molecule has 0 bridgehead atoms. The largest absolute Gasteiger partial charge is 0.334 e. The van der Waals surface area contributed by atoms with Crippen LogP contribution in [0.25, 0.3) is 0 Å². The van der Waals surface area contributed by atoms with Crippen molar-refractivity contribution in [3.05, 3.63) is 35.1 Å². The number of halogens is 1. The van der Waals surface area contributed by atoms with Crippen LogP contribution in [0.15, 0.2) is 18.2 Å². The number of piperidine rings is 1. The molecule has 3 nitrogen and oxygen atoms in total. The van der Waals surface area contributed by atoms with Crippen LogP contribution in [0.1, 0.15) is 35.7 Å². The fourth-order valence-corrected chi connectivity index (χ4v) is 2.82. The summed E-state index contributed by atoms with van der Waals surface area (Å²) < 4.78 is 13.8. The molecule has 2 rings (SSSR count). The summed E-state index contributed by atoms with van der Waals surface area (Å²) >= 11 is 0. The molecule has 0 saturated carbocycles. The lowest BCUT2D eigenvalue weighted by molar-refractivity contribution is 0.0528. The zero-order valence-corrected chi connectivity index (χ0v) is 11.5. The average molecular weight is 264 g/mol. The van der Waals surface area contributed by atoms with Gasteiger partial charge in [0, 0.05) is 19.1 Å². The van der Waals surface area contributed by atoms with Crippen LogP contribution in [0.5, 0.6) is 0 Å². The maximum atomic E-state index is 13.8. The summed E-state index contributed by atoms with van der Waals surface area (Å²) in [6, 6.07) is 4.66. The quantitative estimate of drug-likeness (QED) is 0.891. The molecule has 1 aromatic rings. The molecule has 0 radical (unpaired) electrons. The second-order valence-electron chi connectivity index (χ2n) is 5.40. The summed E-state index contributed by atoms with van der Waals surface area (Å²) in [6.07, 6.45) is 2.03. The SMILES string of the molecule is Cc1ccc(F)c(C(=O)N2CCC[C@H](C)[C@@H]2CN)c1. The van der Waals surface area contributed by atoms with Gasteiger partial charge in [-0.15, -0.1) is 0 Å². The molecule has 1 heterocycles. The molecule has 1 saturated heterocycles. The fraction of sp³-hybridized carbons (Fsp3) is 0.533.